The van der Waals surface area contributed by atoms with E-state index in [4.69, 9.17) is 0 Å². The summed E-state index contributed by atoms with van der Waals surface area (Å²) < 4.78 is 0. The van der Waals surface area contributed by atoms with Crippen LogP contribution in [0.1, 0.15) is 42.9 Å². The summed E-state index contributed by atoms with van der Waals surface area (Å²) in [6.07, 6.45) is 0. The van der Waals surface area contributed by atoms with Crippen LogP contribution in [0.15, 0.2) is 6.07 Å². The number of hydrogen-bond donors (Lipinski definition) is 2. The fourth-order valence-corrected chi connectivity index (χ4v) is 3.35. The van der Waals surface area contributed by atoms with Crippen LogP contribution in [0.4, 0.5) is 5.00 Å². The van der Waals surface area contributed by atoms with Gasteiger partial charge in [-0.3, -0.25) is 9.59 Å². The third-order valence-corrected chi connectivity index (χ3v) is 4.93. The molecule has 1 saturated heterocycles. The maximum absolute atomic E-state index is 12.7. The maximum Gasteiger partial charge on any atom is 0.264 e. The van der Waals surface area contributed by atoms with Gasteiger partial charge in [-0.25, -0.2) is 0 Å². The van der Waals surface area contributed by atoms with Crippen molar-refractivity contribution in [3.63, 3.8) is 0 Å². The van der Waals surface area contributed by atoms with Gasteiger partial charge in [0.2, 0.25) is 5.91 Å². The van der Waals surface area contributed by atoms with E-state index in [2.05, 4.69) is 17.6 Å². The molecule has 6 heteroatoms. The molecular weight excluding hydrogens is 298 g/mol. The Morgan fingerprint density at radius 3 is 2.68 bits per heavy atom. The lowest BCUT2D eigenvalue weighted by molar-refractivity contribution is -0.123. The summed E-state index contributed by atoms with van der Waals surface area (Å²) in [5, 5.41) is 6.93. The van der Waals surface area contributed by atoms with E-state index in [1.54, 1.807) is 0 Å². The van der Waals surface area contributed by atoms with Gasteiger partial charge in [-0.2, -0.15) is 0 Å². The topological polar surface area (TPSA) is 61.4 Å². The highest BCUT2D eigenvalue weighted by Crippen LogP contribution is 2.30. The lowest BCUT2D eigenvalue weighted by Gasteiger charge is -2.33. The SMILES string of the molecule is Cc1cc(NC(=O)C(C)(C)C)sc1C(=O)N1CCNC[C@H]1C. The van der Waals surface area contributed by atoms with Gasteiger partial charge in [-0.1, -0.05) is 20.8 Å². The van der Waals surface area contributed by atoms with Gasteiger partial charge in [-0.05, 0) is 25.5 Å². The number of rotatable bonds is 2. The Kier molecular flexibility index (Phi) is 4.92. The van der Waals surface area contributed by atoms with Crippen molar-refractivity contribution < 1.29 is 9.59 Å². The summed E-state index contributed by atoms with van der Waals surface area (Å²) in [5.74, 6) is 0.0241. The zero-order chi connectivity index (χ0) is 16.5. The van der Waals surface area contributed by atoms with E-state index in [1.807, 2.05) is 38.7 Å². The first kappa shape index (κ1) is 17.0. The van der Waals surface area contributed by atoms with E-state index in [-0.39, 0.29) is 17.9 Å². The molecule has 1 aromatic heterocycles. The fourth-order valence-electron chi connectivity index (χ4n) is 2.33. The normalized spacial score (nSPS) is 19.1. The smallest absolute Gasteiger partial charge is 0.264 e. The van der Waals surface area contributed by atoms with Crippen LogP contribution in [0.5, 0.6) is 0 Å². The predicted molar refractivity (Wildman–Crippen MR) is 90.5 cm³/mol. The first-order valence-electron chi connectivity index (χ1n) is 7.63. The molecule has 0 bridgehead atoms. The van der Waals surface area contributed by atoms with Crippen molar-refractivity contribution in [1.29, 1.82) is 0 Å². The molecule has 0 saturated carbocycles. The van der Waals surface area contributed by atoms with E-state index in [9.17, 15) is 9.59 Å². The third kappa shape index (κ3) is 3.67. The predicted octanol–water partition coefficient (Wildman–Crippen LogP) is 2.48. The van der Waals surface area contributed by atoms with Gasteiger partial charge >= 0.3 is 0 Å². The van der Waals surface area contributed by atoms with Crippen LogP contribution in [-0.2, 0) is 4.79 Å². The quantitative estimate of drug-likeness (QED) is 0.879. The average molecular weight is 323 g/mol. The minimum atomic E-state index is -0.449. The molecule has 1 aliphatic rings. The summed E-state index contributed by atoms with van der Waals surface area (Å²) in [6, 6.07) is 2.07. The summed E-state index contributed by atoms with van der Waals surface area (Å²) >= 11 is 1.36. The van der Waals surface area contributed by atoms with Crippen LogP contribution in [0, 0.1) is 12.3 Å². The highest BCUT2D eigenvalue weighted by Gasteiger charge is 2.27. The number of piperazine rings is 1. The first-order valence-corrected chi connectivity index (χ1v) is 8.45. The van der Waals surface area contributed by atoms with Crippen LogP contribution < -0.4 is 10.6 Å². The van der Waals surface area contributed by atoms with E-state index >= 15 is 0 Å². The highest BCUT2D eigenvalue weighted by molar-refractivity contribution is 7.18. The van der Waals surface area contributed by atoms with Gasteiger partial charge < -0.3 is 15.5 Å². The van der Waals surface area contributed by atoms with Gasteiger partial charge in [0.15, 0.2) is 0 Å². The second-order valence-corrected chi connectivity index (χ2v) is 7.93. The van der Waals surface area contributed by atoms with Crippen molar-refractivity contribution >= 4 is 28.2 Å². The molecular formula is C16H25N3O2S. The number of nitrogens with zero attached hydrogens (tertiary/aromatic N) is 1. The molecule has 22 heavy (non-hydrogen) atoms. The van der Waals surface area contributed by atoms with Crippen LogP contribution in [0.25, 0.3) is 0 Å². The average Bonchev–Trinajstić information content (AvgIpc) is 2.78. The molecule has 5 nitrogen and oxygen atoms in total. The Bertz CT molecular complexity index is 574. The number of thiophene rings is 1. The molecule has 0 spiro atoms. The Labute approximate surface area is 136 Å². The Morgan fingerprint density at radius 1 is 1.41 bits per heavy atom. The molecule has 2 N–H and O–H groups in total. The van der Waals surface area contributed by atoms with Gasteiger partial charge in [0.05, 0.1) is 9.88 Å². The molecule has 0 aromatic carbocycles. The number of carbonyl (C=O) groups is 2. The molecule has 122 valence electrons. The number of anilines is 1. The van der Waals surface area contributed by atoms with Gasteiger partial charge in [0, 0.05) is 31.1 Å². The Hall–Kier alpha value is -1.40. The maximum atomic E-state index is 12.7. The van der Waals surface area contributed by atoms with E-state index in [1.165, 1.54) is 11.3 Å². The van der Waals surface area contributed by atoms with Crippen LogP contribution in [0.2, 0.25) is 0 Å². The molecule has 0 radical (unpaired) electrons. The minimum Gasteiger partial charge on any atom is -0.333 e. The van der Waals surface area contributed by atoms with Gasteiger partial charge in [-0.15, -0.1) is 11.3 Å². The number of amides is 2. The summed E-state index contributed by atoms with van der Waals surface area (Å²) in [5.41, 5.74) is 0.472. The van der Waals surface area contributed by atoms with Crippen molar-refractivity contribution in [1.82, 2.24) is 10.2 Å². The molecule has 1 aromatic rings. The number of nitrogens with one attached hydrogen (secondary N) is 2. The second-order valence-electron chi connectivity index (χ2n) is 6.88. The Morgan fingerprint density at radius 2 is 2.09 bits per heavy atom. The number of aryl methyl sites for hydroxylation is 1. The second kappa shape index (κ2) is 6.38. The third-order valence-electron chi connectivity index (χ3n) is 3.79. The van der Waals surface area contributed by atoms with Crippen molar-refractivity contribution in [3.8, 4) is 0 Å². The monoisotopic (exact) mass is 323 g/mol. The zero-order valence-corrected chi connectivity index (χ0v) is 14.8. The first-order chi connectivity index (χ1) is 10.2. The number of hydrogen-bond acceptors (Lipinski definition) is 4. The van der Waals surface area contributed by atoms with Gasteiger partial charge in [0.1, 0.15) is 0 Å². The summed E-state index contributed by atoms with van der Waals surface area (Å²) in [4.78, 5) is 27.4. The standard InChI is InChI=1S/C16H25N3O2S/c1-10-8-12(18-15(21)16(3,4)5)22-13(10)14(20)19-7-6-17-9-11(19)2/h8,11,17H,6-7,9H2,1-5H3,(H,18,21)/t11-/m1/s1. The molecule has 1 fully saturated rings. The van der Waals surface area contributed by atoms with E-state index in [0.29, 0.717) is 0 Å². The summed E-state index contributed by atoms with van der Waals surface area (Å²) in [6.45, 7) is 12.0. The molecule has 0 unspecified atom stereocenters. The molecule has 1 aliphatic heterocycles. The Balaban J connectivity index is 2.15. The van der Waals surface area contributed by atoms with E-state index < -0.39 is 5.41 Å². The van der Waals surface area contributed by atoms with Gasteiger partial charge in [0.25, 0.3) is 5.91 Å². The van der Waals surface area contributed by atoms with Crippen molar-refractivity contribution in [2.75, 3.05) is 25.0 Å². The lowest BCUT2D eigenvalue weighted by atomic mass is 9.96. The van der Waals surface area contributed by atoms with Crippen LogP contribution in [0.3, 0.4) is 0 Å². The van der Waals surface area contributed by atoms with Crippen molar-refractivity contribution in [2.24, 2.45) is 5.41 Å². The largest absolute Gasteiger partial charge is 0.333 e. The molecule has 2 heterocycles. The zero-order valence-electron chi connectivity index (χ0n) is 13.9. The fraction of sp³-hybridized carbons (Fsp3) is 0.625. The summed E-state index contributed by atoms with van der Waals surface area (Å²) in [7, 11) is 0. The minimum absolute atomic E-state index is 0.0386. The van der Waals surface area contributed by atoms with E-state index in [0.717, 1.165) is 35.1 Å². The molecule has 1 atom stereocenters. The lowest BCUT2D eigenvalue weighted by Crippen LogP contribution is -2.52. The van der Waals surface area contributed by atoms with Crippen LogP contribution in [-0.4, -0.2) is 42.4 Å². The van der Waals surface area contributed by atoms with Crippen LogP contribution >= 0.6 is 11.3 Å². The molecule has 2 amide bonds. The highest BCUT2D eigenvalue weighted by atomic mass is 32.1. The van der Waals surface area contributed by atoms with Crippen molar-refractivity contribution in [3.05, 3.63) is 16.5 Å². The molecule has 0 aliphatic carbocycles. The molecule has 2 rings (SSSR count). The number of carbonyl (C=O) groups excluding carboxylic acids is 2. The van der Waals surface area contributed by atoms with Crippen molar-refractivity contribution in [2.45, 2.75) is 40.7 Å².